The maximum absolute atomic E-state index is 11.0. The number of carbonyl (C=O) groups excluding carboxylic acids is 1. The number of nitrogens with zero attached hydrogens (tertiary/aromatic N) is 4. The number of carboxylic acid groups (broad SMARTS) is 1. The van der Waals surface area contributed by atoms with Crippen LogP contribution in [0.4, 0.5) is 11.8 Å². The van der Waals surface area contributed by atoms with Gasteiger partial charge in [0, 0.05) is 39.4 Å². The number of benzene rings is 1. The Labute approximate surface area is 217 Å². The molecule has 0 spiro atoms. The zero-order chi connectivity index (χ0) is 27.8. The Bertz CT molecular complexity index is 1110. The first kappa shape index (κ1) is 31.3. The highest BCUT2D eigenvalue weighted by atomic mass is 16.3. The van der Waals surface area contributed by atoms with E-state index in [2.05, 4.69) is 82.1 Å². The number of anilines is 2. The maximum Gasteiger partial charge on any atom is 0.290 e. The van der Waals surface area contributed by atoms with Gasteiger partial charge in [0.25, 0.3) is 12.4 Å². The van der Waals surface area contributed by atoms with Gasteiger partial charge < -0.3 is 37.2 Å². The van der Waals surface area contributed by atoms with Crippen molar-refractivity contribution in [3.8, 4) is 0 Å². The average molecular weight is 517 g/mol. The van der Waals surface area contributed by atoms with Crippen LogP contribution in [0.3, 0.4) is 0 Å². The summed E-state index contributed by atoms with van der Waals surface area (Å²) in [6.45, 7) is 4.52. The molecular formula is C25H40N8O4. The molecule has 1 saturated carbocycles. The summed E-state index contributed by atoms with van der Waals surface area (Å²) < 4.78 is 0. The van der Waals surface area contributed by atoms with Crippen molar-refractivity contribution < 1.29 is 19.8 Å². The predicted octanol–water partition coefficient (Wildman–Crippen LogP) is -0.0660. The molecule has 12 nitrogen and oxygen atoms in total. The number of primary amides is 1. The Morgan fingerprint density at radius 3 is 2.46 bits per heavy atom. The lowest BCUT2D eigenvalue weighted by atomic mass is 9.92. The van der Waals surface area contributed by atoms with Gasteiger partial charge in [-0.25, -0.2) is 0 Å². The third-order valence-electron chi connectivity index (χ3n) is 5.87. The molecule has 12 heteroatoms. The molecule has 1 aliphatic rings. The lowest BCUT2D eigenvalue weighted by molar-refractivity contribution is -0.122. The fourth-order valence-electron chi connectivity index (χ4n) is 3.34. The maximum atomic E-state index is 11.0. The van der Waals surface area contributed by atoms with Crippen LogP contribution in [0.5, 0.6) is 0 Å². The fraction of sp³-hybridized carbons (Fsp3) is 0.480. The van der Waals surface area contributed by atoms with E-state index in [9.17, 15) is 9.90 Å². The van der Waals surface area contributed by atoms with Gasteiger partial charge in [-0.05, 0) is 43.0 Å². The number of nitrogens with one attached hydrogen (secondary N) is 2. The molecule has 0 aliphatic heterocycles. The van der Waals surface area contributed by atoms with Crippen LogP contribution in [-0.2, 0) is 4.79 Å². The minimum Gasteiger partial charge on any atom is -0.483 e. The molecule has 1 aliphatic carbocycles. The van der Waals surface area contributed by atoms with Gasteiger partial charge in [0.2, 0.25) is 5.95 Å². The highest BCUT2D eigenvalue weighted by molar-refractivity contribution is 5.95. The summed E-state index contributed by atoms with van der Waals surface area (Å²) in [7, 11) is 3.79. The molecule has 3 rings (SSSR count). The number of rotatable bonds is 9. The van der Waals surface area contributed by atoms with Crippen LogP contribution < -0.4 is 32.5 Å². The highest BCUT2D eigenvalue weighted by Crippen LogP contribution is 2.23. The molecule has 1 aromatic heterocycles. The van der Waals surface area contributed by atoms with Gasteiger partial charge in [0.05, 0.1) is 6.10 Å². The van der Waals surface area contributed by atoms with Crippen molar-refractivity contribution in [2.75, 3.05) is 37.8 Å². The third-order valence-corrected chi connectivity index (χ3v) is 5.87. The molecular weight excluding hydrogens is 476 g/mol. The minimum atomic E-state index is -0.720. The number of aromatic nitrogens is 3. The van der Waals surface area contributed by atoms with E-state index in [-0.39, 0.29) is 37.0 Å². The number of aliphatic hydroxyl groups excluding tert-OH is 1. The summed E-state index contributed by atoms with van der Waals surface area (Å²) in [5.41, 5.74) is 11.7. The number of hydrogen-bond acceptors (Lipinski definition) is 10. The van der Waals surface area contributed by atoms with E-state index in [1.54, 1.807) is 7.05 Å². The first-order chi connectivity index (χ1) is 17.7. The minimum absolute atomic E-state index is 0.0441. The molecule has 1 heterocycles. The number of nitrogens with two attached hydrogens (primary N) is 2. The third kappa shape index (κ3) is 10.4. The van der Waals surface area contributed by atoms with Crippen LogP contribution in [0.1, 0.15) is 50.0 Å². The smallest absolute Gasteiger partial charge is 0.290 e. The molecule has 0 radical (unpaired) electrons. The molecule has 8 N–H and O–H groups in total. The van der Waals surface area contributed by atoms with Crippen LogP contribution >= 0.6 is 0 Å². The van der Waals surface area contributed by atoms with Crippen molar-refractivity contribution in [1.29, 1.82) is 0 Å². The predicted molar refractivity (Wildman–Crippen MR) is 145 cm³/mol. The molecule has 204 valence electrons. The van der Waals surface area contributed by atoms with E-state index in [4.69, 9.17) is 21.4 Å². The lowest BCUT2D eigenvalue weighted by Gasteiger charge is -2.33. The number of hydrogen-bond donors (Lipinski definition) is 6. The Kier molecular flexibility index (Phi) is 14.2. The Morgan fingerprint density at radius 2 is 1.95 bits per heavy atom. The molecule has 1 amide bonds. The number of amides is 1. The summed E-state index contributed by atoms with van der Waals surface area (Å²) in [6, 6.07) is 9.50. The SMILES string of the molecule is CCC(C)=c1cccc/c1=C/N(C)C1CCC1.CNc1nc(NCC(O)CN)nnc1C(N)=O.O=CO. The van der Waals surface area contributed by atoms with Crippen molar-refractivity contribution in [1.82, 2.24) is 20.1 Å². The molecule has 37 heavy (non-hydrogen) atoms. The van der Waals surface area contributed by atoms with E-state index in [1.165, 1.54) is 35.3 Å². The van der Waals surface area contributed by atoms with Crippen molar-refractivity contribution in [2.45, 2.75) is 51.7 Å². The molecule has 0 bridgehead atoms. The van der Waals surface area contributed by atoms with Crippen molar-refractivity contribution in [3.05, 3.63) is 40.4 Å². The second-order valence-electron chi connectivity index (χ2n) is 8.42. The molecule has 0 saturated heterocycles. The first-order valence-corrected chi connectivity index (χ1v) is 12.1. The van der Waals surface area contributed by atoms with Gasteiger partial charge in [-0.1, -0.05) is 36.8 Å². The summed E-state index contributed by atoms with van der Waals surface area (Å²) >= 11 is 0. The Balaban J connectivity index is 0.000000335. The highest BCUT2D eigenvalue weighted by Gasteiger charge is 2.19. The zero-order valence-corrected chi connectivity index (χ0v) is 22.0. The normalized spacial score (nSPS) is 14.5. The summed E-state index contributed by atoms with van der Waals surface area (Å²) in [5.74, 6) is -0.327. The molecule has 1 unspecified atom stereocenters. The van der Waals surface area contributed by atoms with Crippen LogP contribution in [0, 0.1) is 0 Å². The molecule has 1 atom stereocenters. The van der Waals surface area contributed by atoms with Crippen LogP contribution in [0.2, 0.25) is 0 Å². The first-order valence-electron chi connectivity index (χ1n) is 12.1. The second kappa shape index (κ2) is 16.8. The van der Waals surface area contributed by atoms with E-state index in [0.717, 1.165) is 12.5 Å². The molecule has 1 fully saturated rings. The second-order valence-corrected chi connectivity index (χ2v) is 8.42. The van der Waals surface area contributed by atoms with E-state index in [1.807, 2.05) is 0 Å². The van der Waals surface area contributed by atoms with Crippen LogP contribution in [0.15, 0.2) is 24.3 Å². The molecule has 2 aromatic rings. The zero-order valence-electron chi connectivity index (χ0n) is 22.0. The Hall–Kier alpha value is -3.77. The van der Waals surface area contributed by atoms with Crippen LogP contribution in [0.25, 0.3) is 11.8 Å². The quantitative estimate of drug-likeness (QED) is 0.244. The van der Waals surface area contributed by atoms with Gasteiger partial charge in [0.15, 0.2) is 11.5 Å². The van der Waals surface area contributed by atoms with E-state index >= 15 is 0 Å². The van der Waals surface area contributed by atoms with E-state index in [0.29, 0.717) is 0 Å². The largest absolute Gasteiger partial charge is 0.483 e. The van der Waals surface area contributed by atoms with Gasteiger partial charge in [-0.15, -0.1) is 10.2 Å². The van der Waals surface area contributed by atoms with Crippen molar-refractivity contribution in [3.63, 3.8) is 0 Å². The topological polar surface area (TPSA) is 193 Å². The fourth-order valence-corrected chi connectivity index (χ4v) is 3.34. The number of carbonyl (C=O) groups is 2. The molecule has 1 aromatic carbocycles. The summed E-state index contributed by atoms with van der Waals surface area (Å²) in [5, 5.41) is 31.6. The van der Waals surface area contributed by atoms with E-state index < -0.39 is 12.0 Å². The monoisotopic (exact) mass is 516 g/mol. The summed E-state index contributed by atoms with van der Waals surface area (Å²) in [4.78, 5) is 25.7. The summed E-state index contributed by atoms with van der Waals surface area (Å²) in [6.07, 6.45) is 6.84. The lowest BCUT2D eigenvalue weighted by Crippen LogP contribution is -2.37. The number of aliphatic hydroxyl groups is 1. The van der Waals surface area contributed by atoms with Crippen LogP contribution in [-0.4, -0.2) is 82.0 Å². The van der Waals surface area contributed by atoms with Gasteiger partial charge >= 0.3 is 0 Å². The average Bonchev–Trinajstić information content (AvgIpc) is 2.86. The Morgan fingerprint density at radius 1 is 1.30 bits per heavy atom. The van der Waals surface area contributed by atoms with Gasteiger partial charge in [-0.2, -0.15) is 4.98 Å². The van der Waals surface area contributed by atoms with Crippen molar-refractivity contribution >= 4 is 35.9 Å². The van der Waals surface area contributed by atoms with Gasteiger partial charge in [-0.3, -0.25) is 9.59 Å². The standard InChI is InChI=1S/C16H23N.C8H15N7O2.CH2O2/c1-4-13(2)16-11-6-5-8-14(16)12-17(3)15-9-7-10-15;1-11-7-5(6(10)17)14-15-8(13-7)12-3-4(16)2-9;2-1-3/h5-6,8,11-12,15H,4,7,9-10H2,1-3H3;4,16H,2-3,9H2,1H3,(H2,10,17)(H2,11,12,13,15);1H,(H,2,3)/b14-12-,16-13?;;. The van der Waals surface area contributed by atoms with Gasteiger partial charge in [0.1, 0.15) is 0 Å². The van der Waals surface area contributed by atoms with Crippen molar-refractivity contribution in [2.24, 2.45) is 11.5 Å².